The van der Waals surface area contributed by atoms with Gasteiger partial charge < -0.3 is 9.80 Å². The maximum Gasteiger partial charge on any atom is 0.225 e. The van der Waals surface area contributed by atoms with Crippen LogP contribution in [0.5, 0.6) is 0 Å². The first kappa shape index (κ1) is 17.9. The highest BCUT2D eigenvalue weighted by Crippen LogP contribution is 2.27. The van der Waals surface area contributed by atoms with E-state index in [1.54, 1.807) is 6.20 Å². The van der Waals surface area contributed by atoms with Gasteiger partial charge in [-0.2, -0.15) is 0 Å². The van der Waals surface area contributed by atoms with Crippen LogP contribution in [0.2, 0.25) is 0 Å². The van der Waals surface area contributed by atoms with Crippen molar-refractivity contribution in [3.63, 3.8) is 0 Å². The minimum atomic E-state index is 0.154. The Balaban J connectivity index is 1.49. The van der Waals surface area contributed by atoms with Gasteiger partial charge in [-0.25, -0.2) is 9.97 Å². The van der Waals surface area contributed by atoms with E-state index in [1.165, 1.54) is 0 Å². The van der Waals surface area contributed by atoms with E-state index in [2.05, 4.69) is 46.0 Å². The molecule has 0 saturated carbocycles. The summed E-state index contributed by atoms with van der Waals surface area (Å²) in [7, 11) is 0. The molecule has 1 saturated heterocycles. The van der Waals surface area contributed by atoms with Crippen molar-refractivity contribution in [3.8, 4) is 0 Å². The van der Waals surface area contributed by atoms with Crippen molar-refractivity contribution in [2.75, 3.05) is 37.6 Å². The molecule has 0 bridgehead atoms. The fourth-order valence-electron chi connectivity index (χ4n) is 3.83. The van der Waals surface area contributed by atoms with Crippen molar-refractivity contribution < 1.29 is 4.79 Å². The third kappa shape index (κ3) is 4.08. The van der Waals surface area contributed by atoms with Crippen LogP contribution in [0.15, 0.2) is 42.6 Å². The van der Waals surface area contributed by atoms with Crippen LogP contribution in [-0.4, -0.2) is 53.4 Å². The van der Waals surface area contributed by atoms with Crippen LogP contribution in [0.25, 0.3) is 6.08 Å². The Morgan fingerprint density at radius 3 is 2.63 bits per heavy atom. The highest BCUT2D eigenvalue weighted by Gasteiger charge is 2.27. The summed E-state index contributed by atoms with van der Waals surface area (Å²) in [5.41, 5.74) is 2.76. The predicted molar refractivity (Wildman–Crippen MR) is 108 cm³/mol. The number of aromatic nitrogens is 2. The molecule has 0 spiro atoms. The van der Waals surface area contributed by atoms with Gasteiger partial charge in [-0.1, -0.05) is 49.4 Å². The Morgan fingerprint density at radius 2 is 1.89 bits per heavy atom. The quantitative estimate of drug-likeness (QED) is 0.837. The second kappa shape index (κ2) is 8.01. The van der Waals surface area contributed by atoms with Crippen molar-refractivity contribution in [2.45, 2.75) is 19.8 Å². The minimum absolute atomic E-state index is 0.154. The zero-order valence-electron chi connectivity index (χ0n) is 15.8. The highest BCUT2D eigenvalue weighted by molar-refractivity contribution is 5.98. The number of likely N-dealkylation sites (N-methyl/N-ethyl adjacent to an activating group) is 1. The number of hydrogen-bond acceptors (Lipinski definition) is 5. The Bertz CT molecular complexity index is 825. The summed E-state index contributed by atoms with van der Waals surface area (Å²) in [5, 5.41) is 0. The average molecular weight is 362 g/mol. The SMILES string of the molecule is CCN1CCN(c2ncc3c(n2)CC(C=Cc2ccccc2)CC3=O)CC1. The zero-order valence-corrected chi connectivity index (χ0v) is 15.8. The molecule has 0 amide bonds. The molecular formula is C22H26N4O. The molecule has 0 N–H and O–H groups in total. The van der Waals surface area contributed by atoms with Crippen LogP contribution < -0.4 is 4.90 Å². The van der Waals surface area contributed by atoms with Gasteiger partial charge in [0.05, 0.1) is 11.3 Å². The number of piperazine rings is 1. The fraction of sp³-hybridized carbons (Fsp3) is 0.409. The lowest BCUT2D eigenvalue weighted by Gasteiger charge is -2.34. The molecule has 1 aliphatic carbocycles. The van der Waals surface area contributed by atoms with Gasteiger partial charge in [0, 0.05) is 38.8 Å². The second-order valence-electron chi connectivity index (χ2n) is 7.31. The number of hydrogen-bond donors (Lipinski definition) is 0. The molecule has 1 unspecified atom stereocenters. The first-order chi connectivity index (χ1) is 13.2. The van der Waals surface area contributed by atoms with Crippen LogP contribution in [0.1, 0.15) is 35.0 Å². The molecule has 1 aromatic carbocycles. The van der Waals surface area contributed by atoms with E-state index in [9.17, 15) is 4.79 Å². The number of allylic oxidation sites excluding steroid dienone is 1. The molecule has 1 aromatic heterocycles. The number of nitrogens with zero attached hydrogens (tertiary/aromatic N) is 4. The molecule has 4 rings (SSSR count). The van der Waals surface area contributed by atoms with Gasteiger partial charge >= 0.3 is 0 Å². The number of fused-ring (bicyclic) bond motifs is 1. The van der Waals surface area contributed by atoms with Crippen LogP contribution in [-0.2, 0) is 6.42 Å². The van der Waals surface area contributed by atoms with Gasteiger partial charge in [-0.15, -0.1) is 0 Å². The minimum Gasteiger partial charge on any atom is -0.338 e. The van der Waals surface area contributed by atoms with Crippen LogP contribution in [0.4, 0.5) is 5.95 Å². The van der Waals surface area contributed by atoms with E-state index in [4.69, 9.17) is 4.98 Å². The number of rotatable bonds is 4. The maximum absolute atomic E-state index is 12.5. The van der Waals surface area contributed by atoms with Gasteiger partial charge in [0.25, 0.3) is 0 Å². The number of benzene rings is 1. The summed E-state index contributed by atoms with van der Waals surface area (Å²) < 4.78 is 0. The largest absolute Gasteiger partial charge is 0.338 e. The van der Waals surface area contributed by atoms with E-state index in [0.717, 1.165) is 56.4 Å². The fourth-order valence-corrected chi connectivity index (χ4v) is 3.83. The van der Waals surface area contributed by atoms with Gasteiger partial charge in [0.1, 0.15) is 0 Å². The first-order valence-corrected chi connectivity index (χ1v) is 9.82. The molecule has 27 heavy (non-hydrogen) atoms. The van der Waals surface area contributed by atoms with Crippen LogP contribution in [0.3, 0.4) is 0 Å². The molecule has 2 aromatic rings. The molecule has 1 atom stereocenters. The standard InChI is InChI=1S/C22H26N4O/c1-2-25-10-12-26(13-11-25)22-23-16-19-20(24-22)14-18(15-21(19)27)9-8-17-6-4-3-5-7-17/h3-9,16,18H,2,10-15H2,1H3. The second-order valence-corrected chi connectivity index (χ2v) is 7.31. The number of anilines is 1. The van der Waals surface area contributed by atoms with Crippen molar-refractivity contribution in [1.82, 2.24) is 14.9 Å². The topological polar surface area (TPSA) is 49.3 Å². The lowest BCUT2D eigenvalue weighted by Crippen LogP contribution is -2.46. The van der Waals surface area contributed by atoms with Crippen molar-refractivity contribution >= 4 is 17.8 Å². The highest BCUT2D eigenvalue weighted by atomic mass is 16.1. The Labute approximate surface area is 160 Å². The van der Waals surface area contributed by atoms with Crippen molar-refractivity contribution in [1.29, 1.82) is 0 Å². The van der Waals surface area contributed by atoms with E-state index < -0.39 is 0 Å². The average Bonchev–Trinajstić information content (AvgIpc) is 2.73. The Hall–Kier alpha value is -2.53. The summed E-state index contributed by atoms with van der Waals surface area (Å²) in [6.07, 6.45) is 7.33. The third-order valence-corrected chi connectivity index (χ3v) is 5.52. The zero-order chi connectivity index (χ0) is 18.6. The lowest BCUT2D eigenvalue weighted by atomic mass is 9.86. The van der Waals surface area contributed by atoms with Crippen LogP contribution in [0, 0.1) is 5.92 Å². The van der Waals surface area contributed by atoms with Gasteiger partial charge in [-0.3, -0.25) is 4.79 Å². The monoisotopic (exact) mass is 362 g/mol. The van der Waals surface area contributed by atoms with Gasteiger partial charge in [0.2, 0.25) is 5.95 Å². The molecule has 5 nitrogen and oxygen atoms in total. The van der Waals surface area contributed by atoms with E-state index in [-0.39, 0.29) is 11.7 Å². The summed E-state index contributed by atoms with van der Waals surface area (Å²) in [6.45, 7) is 7.25. The molecule has 1 aliphatic heterocycles. The molecule has 2 aliphatic rings. The van der Waals surface area contributed by atoms with Gasteiger partial charge in [0.15, 0.2) is 5.78 Å². The number of Topliss-reactive ketones (excluding diaryl/α,β-unsaturated/α-hetero) is 1. The molecule has 0 radical (unpaired) electrons. The van der Waals surface area contributed by atoms with Crippen molar-refractivity contribution in [2.24, 2.45) is 5.92 Å². The lowest BCUT2D eigenvalue weighted by molar-refractivity contribution is 0.0957. The number of carbonyl (C=O) groups is 1. The summed E-state index contributed by atoms with van der Waals surface area (Å²) in [6, 6.07) is 10.2. The molecular weight excluding hydrogens is 336 g/mol. The molecule has 1 fully saturated rings. The smallest absolute Gasteiger partial charge is 0.225 e. The van der Waals surface area contributed by atoms with E-state index >= 15 is 0 Å². The Morgan fingerprint density at radius 1 is 1.11 bits per heavy atom. The summed E-state index contributed by atoms with van der Waals surface area (Å²) in [4.78, 5) is 26.5. The van der Waals surface area contributed by atoms with Crippen LogP contribution >= 0.6 is 0 Å². The molecule has 2 heterocycles. The third-order valence-electron chi connectivity index (χ3n) is 5.52. The van der Waals surface area contributed by atoms with E-state index in [0.29, 0.717) is 12.0 Å². The summed E-state index contributed by atoms with van der Waals surface area (Å²) in [5.74, 6) is 1.12. The Kier molecular flexibility index (Phi) is 5.30. The predicted octanol–water partition coefficient (Wildman–Crippen LogP) is 3.08. The van der Waals surface area contributed by atoms with E-state index in [1.807, 2.05) is 18.2 Å². The summed E-state index contributed by atoms with van der Waals surface area (Å²) >= 11 is 0. The first-order valence-electron chi connectivity index (χ1n) is 9.82. The number of ketones is 1. The molecule has 140 valence electrons. The maximum atomic E-state index is 12.5. The van der Waals surface area contributed by atoms with Crippen molar-refractivity contribution in [3.05, 3.63) is 59.4 Å². The normalized spacial score (nSPS) is 20.9. The van der Waals surface area contributed by atoms with Gasteiger partial charge in [-0.05, 0) is 24.4 Å². The molecule has 5 heteroatoms. The number of carbonyl (C=O) groups excluding carboxylic acids is 1.